The van der Waals surface area contributed by atoms with Gasteiger partial charge in [0, 0.05) is 0 Å². The standard InChI is InChI=1S/C20H17N3O/c1-14-6-11-18-19(12-14)23-20(22-18)16(13-21)5-3-4-15-7-9-17(24-2)10-8-15/h3-12H,1-2H3,(H,22,23)/b4-3+,16-5-. The van der Waals surface area contributed by atoms with Crippen molar-refractivity contribution in [3.63, 3.8) is 0 Å². The second-order valence-corrected chi connectivity index (χ2v) is 5.43. The molecular formula is C20H17N3O. The van der Waals surface area contributed by atoms with Crippen LogP contribution in [0.4, 0.5) is 0 Å². The Balaban J connectivity index is 1.85. The van der Waals surface area contributed by atoms with Crippen molar-refractivity contribution in [2.24, 2.45) is 0 Å². The number of nitrogens with zero attached hydrogens (tertiary/aromatic N) is 2. The van der Waals surface area contributed by atoms with Gasteiger partial charge in [0.2, 0.25) is 0 Å². The smallest absolute Gasteiger partial charge is 0.149 e. The van der Waals surface area contributed by atoms with Crippen molar-refractivity contribution in [2.45, 2.75) is 6.92 Å². The Morgan fingerprint density at radius 2 is 2.00 bits per heavy atom. The molecule has 1 N–H and O–H groups in total. The van der Waals surface area contributed by atoms with Gasteiger partial charge in [-0.3, -0.25) is 0 Å². The van der Waals surface area contributed by atoms with Gasteiger partial charge in [-0.25, -0.2) is 4.98 Å². The summed E-state index contributed by atoms with van der Waals surface area (Å²) >= 11 is 0. The zero-order valence-electron chi connectivity index (χ0n) is 13.6. The van der Waals surface area contributed by atoms with E-state index in [1.165, 1.54) is 0 Å². The Bertz CT molecular complexity index is 957. The van der Waals surface area contributed by atoms with Gasteiger partial charge in [-0.15, -0.1) is 0 Å². The molecule has 24 heavy (non-hydrogen) atoms. The van der Waals surface area contributed by atoms with Crippen molar-refractivity contribution in [1.29, 1.82) is 5.26 Å². The lowest BCUT2D eigenvalue weighted by molar-refractivity contribution is 0.415. The fourth-order valence-electron chi connectivity index (χ4n) is 2.39. The van der Waals surface area contributed by atoms with Gasteiger partial charge in [0.1, 0.15) is 17.6 Å². The van der Waals surface area contributed by atoms with Crippen LogP contribution in [0, 0.1) is 18.3 Å². The summed E-state index contributed by atoms with van der Waals surface area (Å²) in [5, 5.41) is 9.40. The number of rotatable bonds is 4. The predicted molar refractivity (Wildman–Crippen MR) is 96.4 cm³/mol. The van der Waals surface area contributed by atoms with E-state index in [1.54, 1.807) is 13.2 Å². The Labute approximate surface area is 140 Å². The largest absolute Gasteiger partial charge is 0.497 e. The van der Waals surface area contributed by atoms with E-state index in [2.05, 4.69) is 16.0 Å². The zero-order chi connectivity index (χ0) is 16.9. The molecule has 0 atom stereocenters. The molecule has 0 aliphatic heterocycles. The molecule has 2 aromatic carbocycles. The summed E-state index contributed by atoms with van der Waals surface area (Å²) in [6.45, 7) is 2.03. The average molecular weight is 315 g/mol. The average Bonchev–Trinajstić information content (AvgIpc) is 3.02. The third kappa shape index (κ3) is 3.36. The molecule has 1 heterocycles. The van der Waals surface area contributed by atoms with Gasteiger partial charge in [-0.05, 0) is 48.4 Å². The number of allylic oxidation sites excluding steroid dienone is 3. The van der Waals surface area contributed by atoms with Crippen LogP contribution in [0.15, 0.2) is 54.6 Å². The molecule has 1 aromatic heterocycles. The van der Waals surface area contributed by atoms with Gasteiger partial charge >= 0.3 is 0 Å². The third-order valence-corrected chi connectivity index (χ3v) is 3.68. The molecule has 4 nitrogen and oxygen atoms in total. The van der Waals surface area contributed by atoms with Crippen LogP contribution in [0.25, 0.3) is 22.7 Å². The van der Waals surface area contributed by atoms with E-state index in [-0.39, 0.29) is 0 Å². The molecule has 0 radical (unpaired) electrons. The maximum atomic E-state index is 9.40. The molecule has 118 valence electrons. The van der Waals surface area contributed by atoms with Gasteiger partial charge in [-0.1, -0.05) is 30.4 Å². The number of imidazole rings is 1. The molecule has 0 amide bonds. The van der Waals surface area contributed by atoms with Gasteiger partial charge in [0.25, 0.3) is 0 Å². The van der Waals surface area contributed by atoms with Crippen LogP contribution in [0.1, 0.15) is 17.0 Å². The number of methoxy groups -OCH3 is 1. The lowest BCUT2D eigenvalue weighted by Gasteiger charge is -1.98. The van der Waals surface area contributed by atoms with E-state index < -0.39 is 0 Å². The molecule has 0 aliphatic carbocycles. The van der Waals surface area contributed by atoms with Crippen LogP contribution in [-0.4, -0.2) is 17.1 Å². The Kier molecular flexibility index (Phi) is 4.44. The number of fused-ring (bicyclic) bond motifs is 1. The number of ether oxygens (including phenoxy) is 1. The number of benzene rings is 2. The number of hydrogen-bond acceptors (Lipinski definition) is 3. The van der Waals surface area contributed by atoms with Gasteiger partial charge in [0.05, 0.1) is 23.7 Å². The van der Waals surface area contributed by atoms with E-state index in [0.29, 0.717) is 11.4 Å². The highest BCUT2D eigenvalue weighted by atomic mass is 16.5. The third-order valence-electron chi connectivity index (χ3n) is 3.68. The van der Waals surface area contributed by atoms with E-state index in [0.717, 1.165) is 27.9 Å². The van der Waals surface area contributed by atoms with Crippen LogP contribution in [0.3, 0.4) is 0 Å². The van der Waals surface area contributed by atoms with Crippen LogP contribution < -0.4 is 4.74 Å². The lowest BCUT2D eigenvalue weighted by Crippen LogP contribution is -1.83. The minimum atomic E-state index is 0.494. The molecule has 0 spiro atoms. The molecular weight excluding hydrogens is 298 g/mol. The summed E-state index contributed by atoms with van der Waals surface area (Å²) in [7, 11) is 1.64. The zero-order valence-corrected chi connectivity index (χ0v) is 13.6. The minimum Gasteiger partial charge on any atom is -0.497 e. The van der Waals surface area contributed by atoms with E-state index in [1.807, 2.05) is 61.5 Å². The minimum absolute atomic E-state index is 0.494. The molecule has 0 saturated heterocycles. The first-order valence-electron chi connectivity index (χ1n) is 7.59. The topological polar surface area (TPSA) is 61.7 Å². The van der Waals surface area contributed by atoms with Crippen LogP contribution in [0.2, 0.25) is 0 Å². The molecule has 0 fully saturated rings. The summed E-state index contributed by atoms with van der Waals surface area (Å²) in [6, 6.07) is 15.9. The molecule has 0 saturated carbocycles. The van der Waals surface area contributed by atoms with Crippen molar-refractivity contribution in [3.05, 3.63) is 71.6 Å². The van der Waals surface area contributed by atoms with Crippen molar-refractivity contribution in [1.82, 2.24) is 9.97 Å². The van der Waals surface area contributed by atoms with Crippen molar-refractivity contribution in [3.8, 4) is 11.8 Å². The highest BCUT2D eigenvalue weighted by molar-refractivity contribution is 5.83. The van der Waals surface area contributed by atoms with Crippen molar-refractivity contribution < 1.29 is 4.74 Å². The maximum Gasteiger partial charge on any atom is 0.149 e. The first-order valence-corrected chi connectivity index (χ1v) is 7.59. The number of aryl methyl sites for hydroxylation is 1. The first-order chi connectivity index (χ1) is 11.7. The van der Waals surface area contributed by atoms with E-state index >= 15 is 0 Å². The highest BCUT2D eigenvalue weighted by Gasteiger charge is 2.06. The van der Waals surface area contributed by atoms with Crippen LogP contribution >= 0.6 is 0 Å². The second-order valence-electron chi connectivity index (χ2n) is 5.43. The maximum absolute atomic E-state index is 9.40. The van der Waals surface area contributed by atoms with Crippen molar-refractivity contribution >= 4 is 22.7 Å². The Morgan fingerprint density at radius 1 is 1.21 bits per heavy atom. The summed E-state index contributed by atoms with van der Waals surface area (Å²) in [5.41, 5.74) is 4.47. The molecule has 3 aromatic rings. The molecule has 4 heteroatoms. The van der Waals surface area contributed by atoms with E-state index in [9.17, 15) is 5.26 Å². The van der Waals surface area contributed by atoms with Crippen LogP contribution in [-0.2, 0) is 0 Å². The quantitative estimate of drug-likeness (QED) is 0.569. The lowest BCUT2D eigenvalue weighted by atomic mass is 10.2. The number of hydrogen-bond donors (Lipinski definition) is 1. The van der Waals surface area contributed by atoms with Gasteiger partial charge < -0.3 is 9.72 Å². The number of nitriles is 1. The first kappa shape index (κ1) is 15.6. The summed E-state index contributed by atoms with van der Waals surface area (Å²) in [5.74, 6) is 1.40. The molecule has 0 aliphatic rings. The Morgan fingerprint density at radius 3 is 2.71 bits per heavy atom. The predicted octanol–water partition coefficient (Wildman–Crippen LogP) is 4.50. The van der Waals surface area contributed by atoms with E-state index in [4.69, 9.17) is 4.74 Å². The number of H-pyrrole nitrogens is 1. The molecule has 0 unspecified atom stereocenters. The molecule has 3 rings (SSSR count). The number of aromatic amines is 1. The SMILES string of the molecule is COc1ccc(/C=C/C=C(/C#N)c2nc3ccc(C)cc3[nH]2)cc1. The summed E-state index contributed by atoms with van der Waals surface area (Å²) < 4.78 is 5.13. The normalized spacial score (nSPS) is 11.8. The Hall–Kier alpha value is -3.32. The fraction of sp³-hybridized carbons (Fsp3) is 0.100. The second kappa shape index (κ2) is 6.84. The van der Waals surface area contributed by atoms with Gasteiger partial charge in [-0.2, -0.15) is 5.26 Å². The van der Waals surface area contributed by atoms with Crippen LogP contribution in [0.5, 0.6) is 5.75 Å². The number of nitrogens with one attached hydrogen (secondary N) is 1. The fourth-order valence-corrected chi connectivity index (χ4v) is 2.39. The van der Waals surface area contributed by atoms with Crippen molar-refractivity contribution in [2.75, 3.05) is 7.11 Å². The highest BCUT2D eigenvalue weighted by Crippen LogP contribution is 2.18. The summed E-state index contributed by atoms with van der Waals surface area (Å²) in [6.07, 6.45) is 5.54. The van der Waals surface area contributed by atoms with Gasteiger partial charge in [0.15, 0.2) is 0 Å². The number of aromatic nitrogens is 2. The molecule has 0 bridgehead atoms. The monoisotopic (exact) mass is 315 g/mol. The summed E-state index contributed by atoms with van der Waals surface area (Å²) in [4.78, 5) is 7.68.